The third kappa shape index (κ3) is 4.11. The van der Waals surface area contributed by atoms with E-state index in [-0.39, 0.29) is 18.9 Å². The summed E-state index contributed by atoms with van der Waals surface area (Å²) in [7, 11) is 0. The molecule has 0 aliphatic carbocycles. The van der Waals surface area contributed by atoms with Crippen LogP contribution < -0.4 is 0 Å². The van der Waals surface area contributed by atoms with Gasteiger partial charge in [0.2, 0.25) is 11.7 Å². The number of likely N-dealkylation sites (tertiary alicyclic amines) is 1. The molecule has 2 aromatic rings. The van der Waals surface area contributed by atoms with E-state index in [1.54, 1.807) is 24.3 Å². The van der Waals surface area contributed by atoms with E-state index >= 15 is 0 Å². The minimum absolute atomic E-state index is 0.131. The lowest BCUT2D eigenvalue weighted by molar-refractivity contribution is -0.147. The van der Waals surface area contributed by atoms with Gasteiger partial charge in [-0.1, -0.05) is 41.9 Å². The Morgan fingerprint density at radius 3 is 2.44 bits per heavy atom. The first kappa shape index (κ1) is 17.7. The van der Waals surface area contributed by atoms with E-state index in [0.29, 0.717) is 10.8 Å². The number of hydrogen-bond donors (Lipinski definition) is 0. The van der Waals surface area contributed by atoms with Crippen LogP contribution in [0.3, 0.4) is 0 Å². The number of ketones is 1. The van der Waals surface area contributed by atoms with Gasteiger partial charge in [0.25, 0.3) is 5.91 Å². The molecule has 0 aromatic heterocycles. The molecule has 0 radical (unpaired) electrons. The average molecular weight is 374 g/mol. The fourth-order valence-corrected chi connectivity index (χ4v) is 3.68. The van der Waals surface area contributed by atoms with Gasteiger partial charge in [-0.3, -0.25) is 19.3 Å². The summed E-state index contributed by atoms with van der Waals surface area (Å²) in [4.78, 5) is 38.8. The van der Waals surface area contributed by atoms with E-state index in [4.69, 9.17) is 11.6 Å². The highest BCUT2D eigenvalue weighted by Crippen LogP contribution is 2.26. The predicted octanol–water partition coefficient (Wildman–Crippen LogP) is 3.54. The standard InChI is InChI=1S/C19H16ClNO3S/c20-14-6-8-15(9-7-14)25-11-10-17(22)21-12-16(18(23)19(21)24)13-4-2-1-3-5-13/h1-9,16H,10-12H2/t16-/m0/s1. The van der Waals surface area contributed by atoms with Crippen molar-refractivity contribution in [2.75, 3.05) is 12.3 Å². The Hall–Kier alpha value is -2.11. The first-order chi connectivity index (χ1) is 12.1. The molecule has 0 saturated carbocycles. The van der Waals surface area contributed by atoms with Gasteiger partial charge < -0.3 is 0 Å². The Morgan fingerprint density at radius 1 is 1.08 bits per heavy atom. The van der Waals surface area contributed by atoms with E-state index in [9.17, 15) is 14.4 Å². The summed E-state index contributed by atoms with van der Waals surface area (Å²) in [6, 6.07) is 16.4. The number of amides is 2. The summed E-state index contributed by atoms with van der Waals surface area (Å²) in [6.45, 7) is 0.131. The van der Waals surface area contributed by atoms with Crippen LogP contribution >= 0.6 is 23.4 Å². The molecule has 0 N–H and O–H groups in total. The molecule has 1 fully saturated rings. The predicted molar refractivity (Wildman–Crippen MR) is 97.7 cm³/mol. The number of thioether (sulfide) groups is 1. The Bertz CT molecular complexity index is 792. The second kappa shape index (κ2) is 7.85. The molecule has 0 unspecified atom stereocenters. The van der Waals surface area contributed by atoms with Crippen molar-refractivity contribution in [2.45, 2.75) is 17.2 Å². The number of carbonyl (C=O) groups is 3. The molecular formula is C19H16ClNO3S. The van der Waals surface area contributed by atoms with Gasteiger partial charge in [0.15, 0.2) is 0 Å². The molecule has 1 aliphatic rings. The number of Topliss-reactive ketones (excluding diaryl/α,β-unsaturated/α-hetero) is 1. The quantitative estimate of drug-likeness (QED) is 0.594. The lowest BCUT2D eigenvalue weighted by Crippen LogP contribution is -2.34. The van der Waals surface area contributed by atoms with Crippen molar-refractivity contribution in [1.29, 1.82) is 0 Å². The minimum Gasteiger partial charge on any atom is -0.288 e. The molecule has 0 bridgehead atoms. The molecule has 2 aromatic carbocycles. The van der Waals surface area contributed by atoms with Crippen molar-refractivity contribution >= 4 is 41.0 Å². The average Bonchev–Trinajstić information content (AvgIpc) is 2.93. The number of nitrogens with zero attached hydrogens (tertiary/aromatic N) is 1. The maximum absolute atomic E-state index is 12.3. The molecule has 128 valence electrons. The number of hydrogen-bond acceptors (Lipinski definition) is 4. The third-order valence-corrected chi connectivity index (χ3v) is 5.30. The van der Waals surface area contributed by atoms with Crippen LogP contribution in [0.25, 0.3) is 0 Å². The Morgan fingerprint density at radius 2 is 1.76 bits per heavy atom. The van der Waals surface area contributed by atoms with Gasteiger partial charge >= 0.3 is 0 Å². The van der Waals surface area contributed by atoms with Crippen LogP contribution in [0.15, 0.2) is 59.5 Å². The van der Waals surface area contributed by atoms with Gasteiger partial charge in [-0.15, -0.1) is 11.8 Å². The van der Waals surface area contributed by atoms with Gasteiger partial charge in [-0.2, -0.15) is 0 Å². The van der Waals surface area contributed by atoms with E-state index in [1.807, 2.05) is 30.3 Å². The number of rotatable bonds is 5. The van der Waals surface area contributed by atoms with Gasteiger partial charge in [-0.05, 0) is 29.8 Å². The lowest BCUT2D eigenvalue weighted by Gasteiger charge is -2.13. The van der Waals surface area contributed by atoms with E-state index in [2.05, 4.69) is 0 Å². The molecule has 4 nitrogen and oxygen atoms in total. The Labute approximate surface area is 155 Å². The highest BCUT2D eigenvalue weighted by molar-refractivity contribution is 7.99. The third-order valence-electron chi connectivity index (χ3n) is 4.04. The molecule has 1 heterocycles. The number of carbonyl (C=O) groups excluding carboxylic acids is 3. The molecule has 1 atom stereocenters. The summed E-state index contributed by atoms with van der Waals surface area (Å²) in [5.74, 6) is -1.53. The van der Waals surface area contributed by atoms with Crippen LogP contribution in [0, 0.1) is 0 Å². The number of imide groups is 1. The summed E-state index contributed by atoms with van der Waals surface area (Å²) in [5, 5.41) is 0.661. The molecule has 6 heteroatoms. The minimum atomic E-state index is -0.699. The van der Waals surface area contributed by atoms with Crippen LogP contribution in [-0.4, -0.2) is 34.8 Å². The zero-order valence-corrected chi connectivity index (χ0v) is 14.9. The van der Waals surface area contributed by atoms with Gasteiger partial charge in [-0.25, -0.2) is 0 Å². The second-order valence-electron chi connectivity index (χ2n) is 5.69. The molecule has 3 rings (SSSR count). The molecular weight excluding hydrogens is 358 g/mol. The first-order valence-corrected chi connectivity index (χ1v) is 9.24. The fourth-order valence-electron chi connectivity index (χ4n) is 2.71. The summed E-state index contributed by atoms with van der Waals surface area (Å²) >= 11 is 7.35. The zero-order chi connectivity index (χ0) is 17.8. The topological polar surface area (TPSA) is 54.5 Å². The van der Waals surface area contributed by atoms with Crippen LogP contribution in [0.1, 0.15) is 17.9 Å². The second-order valence-corrected chi connectivity index (χ2v) is 7.29. The van der Waals surface area contributed by atoms with Crippen molar-refractivity contribution in [3.05, 3.63) is 65.2 Å². The largest absolute Gasteiger partial charge is 0.297 e. The molecule has 2 amide bonds. The summed E-state index contributed by atoms with van der Waals surface area (Å²) in [5.41, 5.74) is 0.770. The zero-order valence-electron chi connectivity index (χ0n) is 13.4. The van der Waals surface area contributed by atoms with E-state index in [0.717, 1.165) is 15.4 Å². The van der Waals surface area contributed by atoms with Crippen molar-refractivity contribution in [2.24, 2.45) is 0 Å². The van der Waals surface area contributed by atoms with E-state index < -0.39 is 17.6 Å². The van der Waals surface area contributed by atoms with E-state index in [1.165, 1.54) is 11.8 Å². The van der Waals surface area contributed by atoms with Crippen molar-refractivity contribution in [1.82, 2.24) is 4.90 Å². The Balaban J connectivity index is 1.58. The van der Waals surface area contributed by atoms with Crippen LogP contribution in [0.2, 0.25) is 5.02 Å². The molecule has 1 saturated heterocycles. The lowest BCUT2D eigenvalue weighted by atomic mass is 9.97. The maximum atomic E-state index is 12.3. The smallest absolute Gasteiger partial charge is 0.288 e. The number of halogens is 1. The monoisotopic (exact) mass is 373 g/mol. The SMILES string of the molecule is O=C1C(=O)N(C(=O)CCSc2ccc(Cl)cc2)C[C@H]1c1ccccc1. The molecule has 1 aliphatic heterocycles. The highest BCUT2D eigenvalue weighted by atomic mass is 35.5. The van der Waals surface area contributed by atoms with Gasteiger partial charge in [0.05, 0.1) is 5.92 Å². The Kier molecular flexibility index (Phi) is 5.56. The van der Waals surface area contributed by atoms with Crippen LogP contribution in [0.4, 0.5) is 0 Å². The van der Waals surface area contributed by atoms with Crippen molar-refractivity contribution < 1.29 is 14.4 Å². The van der Waals surface area contributed by atoms with Crippen LogP contribution in [-0.2, 0) is 14.4 Å². The molecule has 0 spiro atoms. The van der Waals surface area contributed by atoms with Gasteiger partial charge in [0, 0.05) is 28.6 Å². The van der Waals surface area contributed by atoms with Crippen molar-refractivity contribution in [3.8, 4) is 0 Å². The maximum Gasteiger partial charge on any atom is 0.297 e. The summed E-state index contributed by atoms with van der Waals surface area (Å²) < 4.78 is 0. The first-order valence-electron chi connectivity index (χ1n) is 7.88. The summed E-state index contributed by atoms with van der Waals surface area (Å²) in [6.07, 6.45) is 0.202. The van der Waals surface area contributed by atoms with Gasteiger partial charge in [0.1, 0.15) is 0 Å². The highest BCUT2D eigenvalue weighted by Gasteiger charge is 2.42. The van der Waals surface area contributed by atoms with Crippen molar-refractivity contribution in [3.63, 3.8) is 0 Å². The fraction of sp³-hybridized carbons (Fsp3) is 0.211. The number of benzene rings is 2. The normalized spacial score (nSPS) is 17.2. The van der Waals surface area contributed by atoms with Crippen LogP contribution in [0.5, 0.6) is 0 Å². The molecule has 25 heavy (non-hydrogen) atoms.